The first-order valence-corrected chi connectivity index (χ1v) is 38.3. The number of carbonyl (C=O) groups excluding carboxylic acids is 8. The summed E-state index contributed by atoms with van der Waals surface area (Å²) in [6, 6.07) is 8.05. The van der Waals surface area contributed by atoms with Gasteiger partial charge in [-0.15, -0.1) is 68.0 Å². The Hall–Kier alpha value is -7.99. The molecule has 7 aromatic heterocycles. The third kappa shape index (κ3) is 15.6. The monoisotopic (exact) mass is 1420 g/mol. The molecule has 33 heteroatoms. The van der Waals surface area contributed by atoms with E-state index in [-0.39, 0.29) is 58.3 Å². The number of aryl methyl sites for hydroxylation is 1. The topological polar surface area (TPSA) is 367 Å². The van der Waals surface area contributed by atoms with Gasteiger partial charge in [-0.25, -0.2) is 34.9 Å². The van der Waals surface area contributed by atoms with Gasteiger partial charge in [-0.05, 0) is 61.5 Å². The van der Waals surface area contributed by atoms with Crippen molar-refractivity contribution in [3.8, 4) is 43.4 Å². The summed E-state index contributed by atoms with van der Waals surface area (Å²) in [6.45, 7) is 15.1. The molecule has 2 aliphatic rings. The number of carbonyl (C=O) groups is 8. The number of pyridine rings is 1. The maximum atomic E-state index is 14.6. The number of primary amides is 1. The number of nitrogens with zero attached hydrogens (tertiary/aromatic N) is 8. The molecule has 95 heavy (non-hydrogen) atoms. The van der Waals surface area contributed by atoms with Crippen LogP contribution in [0.25, 0.3) is 43.4 Å². The summed E-state index contributed by atoms with van der Waals surface area (Å²) in [4.78, 5) is 147. The number of rotatable bonds is 15. The van der Waals surface area contributed by atoms with E-state index in [1.807, 2.05) is 49.6 Å². The van der Waals surface area contributed by atoms with Crippen molar-refractivity contribution in [1.29, 1.82) is 0 Å². The van der Waals surface area contributed by atoms with Crippen LogP contribution in [0.4, 0.5) is 0 Å². The molecule has 1 saturated heterocycles. The molecule has 9 heterocycles. The van der Waals surface area contributed by atoms with Crippen molar-refractivity contribution >= 4 is 124 Å². The molecular formula is C62H71N15O11S6Si. The average Bonchev–Trinajstić information content (AvgIpc) is 1.76. The van der Waals surface area contributed by atoms with Crippen molar-refractivity contribution in [3.05, 3.63) is 117 Å². The first-order valence-electron chi connectivity index (χ1n) is 30.2. The van der Waals surface area contributed by atoms with E-state index in [1.165, 1.54) is 58.4 Å². The van der Waals surface area contributed by atoms with Gasteiger partial charge in [0.1, 0.15) is 88.0 Å². The summed E-state index contributed by atoms with van der Waals surface area (Å²) in [5, 5.41) is 36.0. The third-order valence-corrected chi connectivity index (χ3v) is 26.5. The molecule has 1 fully saturated rings. The van der Waals surface area contributed by atoms with E-state index in [1.54, 1.807) is 29.8 Å². The molecule has 8 aromatic rings. The van der Waals surface area contributed by atoms with Crippen molar-refractivity contribution in [2.24, 2.45) is 11.7 Å². The number of amides is 8. The van der Waals surface area contributed by atoms with Gasteiger partial charge in [-0.3, -0.25) is 38.4 Å². The molecule has 26 nitrogen and oxygen atoms in total. The molecule has 500 valence electrons. The Kier molecular flexibility index (Phi) is 21.7. The molecular weight excluding hydrogens is 1350 g/mol. The largest absolute Gasteiger partial charge is 0.407 e. The van der Waals surface area contributed by atoms with E-state index in [9.17, 15) is 43.5 Å². The molecule has 9 N–H and O–H groups in total. The van der Waals surface area contributed by atoms with E-state index in [0.717, 1.165) is 39.6 Å². The third-order valence-electron chi connectivity index (χ3n) is 16.3. The lowest BCUT2D eigenvalue weighted by molar-refractivity contribution is -0.139. The second kappa shape index (κ2) is 29.6. The van der Waals surface area contributed by atoms with E-state index < -0.39 is 105 Å². The van der Waals surface area contributed by atoms with Crippen molar-refractivity contribution in [1.82, 2.24) is 71.7 Å². The van der Waals surface area contributed by atoms with E-state index in [2.05, 4.69) is 70.7 Å². The minimum absolute atomic E-state index is 0.000690. The van der Waals surface area contributed by atoms with Gasteiger partial charge >= 0.3 is 0 Å². The fourth-order valence-corrected chi connectivity index (χ4v) is 17.0. The van der Waals surface area contributed by atoms with Crippen molar-refractivity contribution in [2.75, 3.05) is 33.9 Å². The number of ether oxygens (including phenoxy) is 1. The predicted octanol–water partition coefficient (Wildman–Crippen LogP) is 7.91. The van der Waals surface area contributed by atoms with E-state index in [4.69, 9.17) is 44.8 Å². The van der Waals surface area contributed by atoms with Crippen LogP contribution >= 0.6 is 68.0 Å². The van der Waals surface area contributed by atoms with E-state index >= 15 is 0 Å². The maximum Gasteiger partial charge on any atom is 0.271 e. The Morgan fingerprint density at radius 2 is 1.45 bits per heavy atom. The average molecular weight is 1420 g/mol. The number of benzene rings is 1. The maximum absolute atomic E-state index is 14.6. The number of nitrogens with two attached hydrogens (primary N) is 1. The van der Waals surface area contributed by atoms with Gasteiger partial charge in [0.15, 0.2) is 8.32 Å². The van der Waals surface area contributed by atoms with Crippen LogP contribution in [-0.4, -0.2) is 146 Å². The highest BCUT2D eigenvalue weighted by molar-refractivity contribution is 7.15. The number of aliphatic hydroxyl groups is 1. The van der Waals surface area contributed by atoms with Gasteiger partial charge in [-0.2, -0.15) is 0 Å². The van der Waals surface area contributed by atoms with Crippen molar-refractivity contribution in [3.63, 3.8) is 0 Å². The fourth-order valence-electron chi connectivity index (χ4n) is 10.2. The summed E-state index contributed by atoms with van der Waals surface area (Å²) in [5.74, 6) is -5.20. The minimum Gasteiger partial charge on any atom is -0.407 e. The second-order valence-corrected chi connectivity index (χ2v) is 34.9. The molecule has 0 saturated carbocycles. The minimum atomic E-state index is -2.64. The number of fused-ring (bicyclic) bond motifs is 14. The highest BCUT2D eigenvalue weighted by Crippen LogP contribution is 2.45. The molecule has 0 spiro atoms. The molecule has 0 unspecified atom stereocenters. The van der Waals surface area contributed by atoms with E-state index in [0.29, 0.717) is 76.0 Å². The first-order chi connectivity index (χ1) is 45.2. The second-order valence-electron chi connectivity index (χ2n) is 24.3. The Labute approximate surface area is 571 Å². The van der Waals surface area contributed by atoms with Crippen molar-refractivity contribution < 1.29 is 52.6 Å². The summed E-state index contributed by atoms with van der Waals surface area (Å²) in [5.41, 5.74) is 8.21. The predicted molar refractivity (Wildman–Crippen MR) is 365 cm³/mol. The van der Waals surface area contributed by atoms with Gasteiger partial charge in [0.25, 0.3) is 23.6 Å². The fraction of sp³-hybridized carbons (Fsp3) is 0.403. The SMILES string of the molecule is CNC(=O)C[C@@H]1NC(=O)c2csc(n2)-c2ccc(-c3nc(C(=O)N[C@@H](CO)C(=O)N4CCC[C@H]4C(N)=O)cs3)nc2-c2csc(n2)-c2csc(n2)[C@H]([C@@H](O[Si](C)(C)C(C)(C)C)c2ccccc2)NC(=O)CNC(=O)c2nc(sc2COC)[C@H](C(C)C)NC(=O)c2nc1sc2C. The molecule has 8 amide bonds. The number of thiazole rings is 6. The number of likely N-dealkylation sites (tertiary alicyclic amines) is 1. The first kappa shape index (κ1) is 69.8. The zero-order chi connectivity index (χ0) is 68.2. The number of hydrogen-bond donors (Lipinski definition) is 8. The lowest BCUT2D eigenvalue weighted by atomic mass is 10.0. The molecule has 10 rings (SSSR count). The Bertz CT molecular complexity index is 4190. The lowest BCUT2D eigenvalue weighted by Crippen LogP contribution is -2.54. The summed E-state index contributed by atoms with van der Waals surface area (Å²) >= 11 is 7.11. The van der Waals surface area contributed by atoms with Crippen LogP contribution in [-0.2, 0) is 34.9 Å². The van der Waals surface area contributed by atoms with Gasteiger partial charge in [-0.1, -0.05) is 65.0 Å². The molecule has 6 atom stereocenters. The standard InChI is InChI=1S/C62H71N15O11S6Si/c1-29(2)44-60-76-47(41(94-60)24-87-8)53(84)65-22-43(80)73-48(49(31-15-12-11-13-16-31)88-95(9,10)62(4,5)6)59-72-39(28-92-59)57-69-36(25-90-57)46-32(55-70-37(26-89-55)51(82)67-34(21-42(79)64-7)58-75-45(30(3)93-58)54(85)74-44)18-19-33(66-46)56-71-38(27-91-56)52(83)68-35(23-78)61(86)77-20-14-17-40(77)50(63)81/h11-13,15-16,18-19,25-29,34-35,40,44,48-49,78H,14,17,20-24H2,1-10H3,(H2,63,81)(H,64,79)(H,65,84)(H,67,82)(H,68,83)(H,73,80)(H,74,85)/t34-,35-,40-,44-,48-,49-/m0/s1. The molecule has 10 bridgehead atoms. The quantitative estimate of drug-likeness (QED) is 0.0452. The number of methoxy groups -OCH3 is 1. The Morgan fingerprint density at radius 3 is 2.16 bits per heavy atom. The summed E-state index contributed by atoms with van der Waals surface area (Å²) in [6.07, 6.45) is -0.120. The van der Waals surface area contributed by atoms with Crippen molar-refractivity contribution in [2.45, 2.75) is 122 Å². The number of aliphatic hydroxyl groups excluding tert-OH is 1. The van der Waals surface area contributed by atoms with Gasteiger partial charge in [0, 0.05) is 52.7 Å². The Balaban J connectivity index is 1.07. The van der Waals surface area contributed by atoms with Gasteiger partial charge in [0.05, 0.1) is 54.9 Å². The van der Waals surface area contributed by atoms with Crippen LogP contribution in [0.5, 0.6) is 0 Å². The Morgan fingerprint density at radius 1 is 0.758 bits per heavy atom. The normalized spacial score (nSPS) is 18.1. The highest BCUT2D eigenvalue weighted by Gasteiger charge is 2.43. The molecule has 0 aliphatic carbocycles. The van der Waals surface area contributed by atoms with Crippen LogP contribution in [0.3, 0.4) is 0 Å². The zero-order valence-electron chi connectivity index (χ0n) is 53.5. The number of hydrogen-bond acceptors (Lipinski definition) is 24. The summed E-state index contributed by atoms with van der Waals surface area (Å²) in [7, 11) is 0.305. The molecule has 2 aliphatic heterocycles. The smallest absolute Gasteiger partial charge is 0.271 e. The van der Waals surface area contributed by atoms with Crippen LogP contribution in [0.15, 0.2) is 64.0 Å². The highest BCUT2D eigenvalue weighted by atomic mass is 32.1. The van der Waals surface area contributed by atoms with Crippen LogP contribution in [0.2, 0.25) is 18.1 Å². The van der Waals surface area contributed by atoms with Crippen LogP contribution < -0.4 is 37.6 Å². The zero-order valence-corrected chi connectivity index (χ0v) is 59.4. The molecule has 1 aromatic carbocycles. The number of nitrogens with one attached hydrogen (secondary N) is 6. The van der Waals surface area contributed by atoms with Crippen LogP contribution in [0.1, 0.15) is 150 Å². The lowest BCUT2D eigenvalue weighted by Gasteiger charge is -2.41. The number of aromatic nitrogens is 7. The van der Waals surface area contributed by atoms with Gasteiger partial charge < -0.3 is 56.8 Å². The van der Waals surface area contributed by atoms with Gasteiger partial charge in [0.2, 0.25) is 23.6 Å². The molecule has 0 radical (unpaired) electrons. The summed E-state index contributed by atoms with van der Waals surface area (Å²) < 4.78 is 12.8. The van der Waals surface area contributed by atoms with Crippen LogP contribution in [0, 0.1) is 12.8 Å².